The number of halogens is 2. The van der Waals surface area contributed by atoms with Crippen molar-refractivity contribution in [3.8, 4) is 0 Å². The van der Waals surface area contributed by atoms with E-state index in [-0.39, 0.29) is 11.9 Å². The second-order valence-electron chi connectivity index (χ2n) is 4.40. The molecule has 0 saturated carbocycles. The van der Waals surface area contributed by atoms with Crippen LogP contribution in [0.25, 0.3) is 0 Å². The minimum Gasteiger partial charge on any atom is -0.378 e. The van der Waals surface area contributed by atoms with Crippen LogP contribution in [0.5, 0.6) is 0 Å². The zero-order valence-corrected chi connectivity index (χ0v) is 12.0. The molecule has 0 aliphatic rings. The van der Waals surface area contributed by atoms with Crippen LogP contribution >= 0.6 is 15.9 Å². The zero-order valence-electron chi connectivity index (χ0n) is 10.4. The van der Waals surface area contributed by atoms with E-state index < -0.39 is 0 Å². The molecule has 2 aromatic carbocycles. The summed E-state index contributed by atoms with van der Waals surface area (Å²) in [7, 11) is 0. The molecule has 1 unspecified atom stereocenters. The van der Waals surface area contributed by atoms with Crippen molar-refractivity contribution >= 4 is 21.6 Å². The molecule has 0 aromatic heterocycles. The average Bonchev–Trinajstić information content (AvgIpc) is 2.32. The molecule has 0 heterocycles. The molecule has 1 nitrogen and oxygen atoms in total. The molecule has 0 aliphatic carbocycles. The lowest BCUT2D eigenvalue weighted by molar-refractivity contribution is 0.623. The van der Waals surface area contributed by atoms with Crippen LogP contribution in [0, 0.1) is 12.7 Å². The largest absolute Gasteiger partial charge is 0.378 e. The third kappa shape index (κ3) is 3.10. The number of hydrogen-bond acceptors (Lipinski definition) is 1. The van der Waals surface area contributed by atoms with Crippen LogP contribution < -0.4 is 5.32 Å². The van der Waals surface area contributed by atoms with Crippen molar-refractivity contribution in [2.24, 2.45) is 0 Å². The number of nitrogens with one attached hydrogen (secondary N) is 1. The molecule has 0 fully saturated rings. The average molecular weight is 308 g/mol. The van der Waals surface area contributed by atoms with E-state index >= 15 is 0 Å². The zero-order chi connectivity index (χ0) is 13.1. The highest BCUT2D eigenvalue weighted by Crippen LogP contribution is 2.27. The van der Waals surface area contributed by atoms with Gasteiger partial charge in [0.15, 0.2) is 0 Å². The maximum Gasteiger partial charge on any atom is 0.123 e. The number of benzene rings is 2. The minimum atomic E-state index is -0.205. The summed E-state index contributed by atoms with van der Waals surface area (Å²) in [6.45, 7) is 4.06. The highest BCUT2D eigenvalue weighted by molar-refractivity contribution is 9.10. The van der Waals surface area contributed by atoms with E-state index in [1.54, 1.807) is 12.1 Å². The van der Waals surface area contributed by atoms with Gasteiger partial charge in [0, 0.05) is 16.2 Å². The Morgan fingerprint density at radius 1 is 1.17 bits per heavy atom. The molecule has 1 atom stereocenters. The summed E-state index contributed by atoms with van der Waals surface area (Å²) in [6.07, 6.45) is 0. The Kier molecular flexibility index (Phi) is 4.02. The minimum absolute atomic E-state index is 0.0553. The van der Waals surface area contributed by atoms with Gasteiger partial charge in [-0.2, -0.15) is 0 Å². The number of anilines is 1. The molecular weight excluding hydrogens is 293 g/mol. The van der Waals surface area contributed by atoms with E-state index in [0.29, 0.717) is 0 Å². The summed E-state index contributed by atoms with van der Waals surface area (Å²) >= 11 is 3.53. The van der Waals surface area contributed by atoms with Crippen molar-refractivity contribution in [1.82, 2.24) is 0 Å². The second-order valence-corrected chi connectivity index (χ2v) is 5.26. The van der Waals surface area contributed by atoms with Crippen LogP contribution in [0.2, 0.25) is 0 Å². The van der Waals surface area contributed by atoms with Crippen molar-refractivity contribution in [2.75, 3.05) is 5.32 Å². The molecule has 2 rings (SSSR count). The topological polar surface area (TPSA) is 12.0 Å². The van der Waals surface area contributed by atoms with Gasteiger partial charge in [0.2, 0.25) is 0 Å². The summed E-state index contributed by atoms with van der Waals surface area (Å²) in [5, 5.41) is 3.37. The molecule has 3 heteroatoms. The van der Waals surface area contributed by atoms with Crippen LogP contribution in [0.3, 0.4) is 0 Å². The van der Waals surface area contributed by atoms with Crippen LogP contribution in [0.15, 0.2) is 46.9 Å². The standard InChI is InChI=1S/C15H15BrFN/c1-10-6-7-15(14(16)8-10)18-11(2)12-4-3-5-13(17)9-12/h3-9,11,18H,1-2H3. The first kappa shape index (κ1) is 13.1. The first-order valence-electron chi connectivity index (χ1n) is 5.84. The van der Waals surface area contributed by atoms with Crippen LogP contribution in [0.4, 0.5) is 10.1 Å². The van der Waals surface area contributed by atoms with Gasteiger partial charge in [0.25, 0.3) is 0 Å². The predicted octanol–water partition coefficient (Wildman–Crippen LogP) is 5.07. The highest BCUT2D eigenvalue weighted by Gasteiger charge is 2.08. The first-order valence-corrected chi connectivity index (χ1v) is 6.64. The van der Waals surface area contributed by atoms with Gasteiger partial charge in [0.05, 0.1) is 0 Å². The Bertz CT molecular complexity index is 554. The van der Waals surface area contributed by atoms with Crippen molar-refractivity contribution in [1.29, 1.82) is 0 Å². The van der Waals surface area contributed by atoms with Crippen molar-refractivity contribution in [3.63, 3.8) is 0 Å². The van der Waals surface area contributed by atoms with Gasteiger partial charge in [-0.15, -0.1) is 0 Å². The maximum atomic E-state index is 13.2. The summed E-state index contributed by atoms with van der Waals surface area (Å²) < 4.78 is 14.2. The first-order chi connectivity index (χ1) is 8.56. The van der Waals surface area contributed by atoms with E-state index in [9.17, 15) is 4.39 Å². The monoisotopic (exact) mass is 307 g/mol. The van der Waals surface area contributed by atoms with Gasteiger partial charge in [0.1, 0.15) is 5.82 Å². The molecule has 0 spiro atoms. The van der Waals surface area contributed by atoms with Crippen LogP contribution in [-0.4, -0.2) is 0 Å². The van der Waals surface area contributed by atoms with Gasteiger partial charge in [-0.3, -0.25) is 0 Å². The summed E-state index contributed by atoms with van der Waals surface area (Å²) in [5.41, 5.74) is 3.14. The molecule has 0 radical (unpaired) electrons. The Labute approximate surface area is 115 Å². The van der Waals surface area contributed by atoms with E-state index in [1.807, 2.05) is 32.0 Å². The van der Waals surface area contributed by atoms with Gasteiger partial charge < -0.3 is 5.32 Å². The molecular formula is C15H15BrFN. The summed E-state index contributed by atoms with van der Waals surface area (Å²) in [6, 6.07) is 12.8. The maximum absolute atomic E-state index is 13.2. The molecule has 0 amide bonds. The van der Waals surface area contributed by atoms with E-state index in [4.69, 9.17) is 0 Å². The van der Waals surface area contributed by atoms with Crippen molar-refractivity contribution < 1.29 is 4.39 Å². The number of hydrogen-bond donors (Lipinski definition) is 1. The van der Waals surface area contributed by atoms with Crippen LogP contribution in [0.1, 0.15) is 24.1 Å². The molecule has 1 N–H and O–H groups in total. The van der Waals surface area contributed by atoms with E-state index in [1.165, 1.54) is 11.6 Å². The van der Waals surface area contributed by atoms with Crippen molar-refractivity contribution in [3.05, 3.63) is 63.9 Å². The molecule has 0 aliphatic heterocycles. The van der Waals surface area contributed by atoms with Gasteiger partial charge in [-0.25, -0.2) is 4.39 Å². The van der Waals surface area contributed by atoms with Crippen molar-refractivity contribution in [2.45, 2.75) is 19.9 Å². The highest BCUT2D eigenvalue weighted by atomic mass is 79.9. The molecule has 0 saturated heterocycles. The smallest absolute Gasteiger partial charge is 0.123 e. The lowest BCUT2D eigenvalue weighted by Gasteiger charge is -2.17. The molecule has 94 valence electrons. The Balaban J connectivity index is 2.18. The molecule has 18 heavy (non-hydrogen) atoms. The van der Waals surface area contributed by atoms with E-state index in [2.05, 4.69) is 27.3 Å². The fraction of sp³-hybridized carbons (Fsp3) is 0.200. The number of aryl methyl sites for hydroxylation is 1. The second kappa shape index (κ2) is 5.53. The number of rotatable bonds is 3. The molecule has 0 bridgehead atoms. The Morgan fingerprint density at radius 3 is 2.61 bits per heavy atom. The Hall–Kier alpha value is -1.35. The fourth-order valence-electron chi connectivity index (χ4n) is 1.83. The summed E-state index contributed by atoms with van der Waals surface area (Å²) in [5.74, 6) is -0.205. The van der Waals surface area contributed by atoms with Crippen LogP contribution in [-0.2, 0) is 0 Å². The molecule has 2 aromatic rings. The van der Waals surface area contributed by atoms with E-state index in [0.717, 1.165) is 15.7 Å². The SMILES string of the molecule is Cc1ccc(NC(C)c2cccc(F)c2)c(Br)c1. The van der Waals surface area contributed by atoms with Gasteiger partial charge in [-0.05, 0) is 65.2 Å². The lowest BCUT2D eigenvalue weighted by atomic mass is 10.1. The van der Waals surface area contributed by atoms with Gasteiger partial charge >= 0.3 is 0 Å². The predicted molar refractivity (Wildman–Crippen MR) is 77.3 cm³/mol. The third-order valence-electron chi connectivity index (χ3n) is 2.85. The normalized spacial score (nSPS) is 12.2. The quantitative estimate of drug-likeness (QED) is 0.834. The fourth-order valence-corrected chi connectivity index (χ4v) is 2.44. The lowest BCUT2D eigenvalue weighted by Crippen LogP contribution is -2.07. The third-order valence-corrected chi connectivity index (χ3v) is 3.50. The summed E-state index contributed by atoms with van der Waals surface area (Å²) in [4.78, 5) is 0. The Morgan fingerprint density at radius 2 is 1.94 bits per heavy atom. The van der Waals surface area contributed by atoms with Gasteiger partial charge in [-0.1, -0.05) is 18.2 Å².